The Bertz CT molecular complexity index is 435. The van der Waals surface area contributed by atoms with Gasteiger partial charge in [-0.25, -0.2) is 0 Å². The largest absolute Gasteiger partial charge is 0.508 e. The number of phenolic OH excluding ortho intramolecular Hbond substituents is 2. The normalized spacial score (nSPS) is 15.3. The molecular formula is C15H24O4. The van der Waals surface area contributed by atoms with Crippen molar-refractivity contribution < 1.29 is 20.4 Å². The van der Waals surface area contributed by atoms with Crippen molar-refractivity contribution in [2.45, 2.75) is 58.2 Å². The van der Waals surface area contributed by atoms with E-state index in [1.165, 1.54) is 6.07 Å². The van der Waals surface area contributed by atoms with Gasteiger partial charge in [0, 0.05) is 5.56 Å². The third kappa shape index (κ3) is 4.11. The van der Waals surface area contributed by atoms with Crippen molar-refractivity contribution in [3.8, 4) is 11.5 Å². The zero-order valence-corrected chi connectivity index (χ0v) is 12.0. The monoisotopic (exact) mass is 268 g/mol. The second-order valence-electron chi connectivity index (χ2n) is 5.85. The summed E-state index contributed by atoms with van der Waals surface area (Å²) in [6.45, 7) is 6.78. The number of aliphatic hydroxyl groups excluding tert-OH is 1. The molecule has 0 spiro atoms. The lowest BCUT2D eigenvalue weighted by molar-refractivity contribution is -0.0525. The van der Waals surface area contributed by atoms with E-state index in [-0.39, 0.29) is 17.4 Å². The lowest BCUT2D eigenvalue weighted by Crippen LogP contribution is -2.35. The Morgan fingerprint density at radius 3 is 2.21 bits per heavy atom. The van der Waals surface area contributed by atoms with Crippen LogP contribution in [-0.4, -0.2) is 32.1 Å². The van der Waals surface area contributed by atoms with E-state index >= 15 is 0 Å². The van der Waals surface area contributed by atoms with Crippen molar-refractivity contribution in [1.29, 1.82) is 0 Å². The average Bonchev–Trinajstić information content (AvgIpc) is 2.29. The summed E-state index contributed by atoms with van der Waals surface area (Å²) in [5, 5.41) is 39.0. The van der Waals surface area contributed by atoms with Crippen molar-refractivity contribution in [3.63, 3.8) is 0 Å². The number of phenols is 2. The highest BCUT2D eigenvalue weighted by molar-refractivity contribution is 5.45. The molecule has 4 N–H and O–H groups in total. The van der Waals surface area contributed by atoms with Gasteiger partial charge in [0.25, 0.3) is 0 Å². The van der Waals surface area contributed by atoms with Crippen LogP contribution in [0.2, 0.25) is 0 Å². The van der Waals surface area contributed by atoms with Crippen molar-refractivity contribution in [2.24, 2.45) is 0 Å². The van der Waals surface area contributed by atoms with Gasteiger partial charge >= 0.3 is 0 Å². The molecule has 1 rings (SSSR count). The Morgan fingerprint density at radius 2 is 1.68 bits per heavy atom. The molecule has 2 atom stereocenters. The summed E-state index contributed by atoms with van der Waals surface area (Å²) in [7, 11) is 0. The minimum Gasteiger partial charge on any atom is -0.508 e. The molecule has 0 aliphatic rings. The van der Waals surface area contributed by atoms with Crippen LogP contribution in [0.5, 0.6) is 11.5 Å². The molecule has 0 saturated heterocycles. The molecule has 0 fully saturated rings. The molecule has 0 aromatic heterocycles. The SMILES string of the molecule is Cc1cc(O)c([C@@H](C)CC[C@H](O)C(C)(C)O)cc1O. The van der Waals surface area contributed by atoms with Gasteiger partial charge in [0.05, 0.1) is 11.7 Å². The first kappa shape index (κ1) is 15.8. The van der Waals surface area contributed by atoms with Gasteiger partial charge in [-0.15, -0.1) is 0 Å². The second-order valence-corrected chi connectivity index (χ2v) is 5.85. The molecular weight excluding hydrogens is 244 g/mol. The number of aromatic hydroxyl groups is 2. The van der Waals surface area contributed by atoms with Crippen LogP contribution in [0.4, 0.5) is 0 Å². The van der Waals surface area contributed by atoms with Crippen LogP contribution in [0.25, 0.3) is 0 Å². The van der Waals surface area contributed by atoms with Crippen molar-refractivity contribution >= 4 is 0 Å². The first-order chi connectivity index (χ1) is 8.62. The highest BCUT2D eigenvalue weighted by Gasteiger charge is 2.25. The molecule has 108 valence electrons. The summed E-state index contributed by atoms with van der Waals surface area (Å²) in [5.41, 5.74) is 0.160. The predicted octanol–water partition coefficient (Wildman–Crippen LogP) is 2.42. The molecule has 19 heavy (non-hydrogen) atoms. The molecule has 1 aromatic carbocycles. The molecule has 0 bridgehead atoms. The molecule has 4 nitrogen and oxygen atoms in total. The van der Waals surface area contributed by atoms with Crippen LogP contribution in [-0.2, 0) is 0 Å². The Morgan fingerprint density at radius 1 is 1.11 bits per heavy atom. The summed E-state index contributed by atoms with van der Waals surface area (Å²) in [6.07, 6.45) is 0.232. The van der Waals surface area contributed by atoms with E-state index in [2.05, 4.69) is 0 Å². The molecule has 0 heterocycles. The lowest BCUT2D eigenvalue weighted by atomic mass is 9.89. The van der Waals surface area contributed by atoms with Gasteiger partial charge in [0.2, 0.25) is 0 Å². The summed E-state index contributed by atoms with van der Waals surface area (Å²) in [6, 6.07) is 3.10. The fraction of sp³-hybridized carbons (Fsp3) is 0.600. The zero-order valence-electron chi connectivity index (χ0n) is 12.0. The zero-order chi connectivity index (χ0) is 14.8. The first-order valence-electron chi connectivity index (χ1n) is 6.55. The molecule has 0 saturated carbocycles. The predicted molar refractivity (Wildman–Crippen MR) is 74.5 cm³/mol. The number of hydrogen-bond donors (Lipinski definition) is 4. The summed E-state index contributed by atoms with van der Waals surface area (Å²) < 4.78 is 0. The van der Waals surface area contributed by atoms with Gasteiger partial charge in [-0.2, -0.15) is 0 Å². The molecule has 0 unspecified atom stereocenters. The van der Waals surface area contributed by atoms with Crippen molar-refractivity contribution in [3.05, 3.63) is 23.3 Å². The summed E-state index contributed by atoms with van der Waals surface area (Å²) >= 11 is 0. The standard InChI is InChI=1S/C15H24O4/c1-9(5-6-14(18)15(3,4)19)11-8-12(16)10(2)7-13(11)17/h7-9,14,16-19H,5-6H2,1-4H3/t9-,14-/m0/s1. The molecule has 0 amide bonds. The summed E-state index contributed by atoms with van der Waals surface area (Å²) in [4.78, 5) is 0. The summed E-state index contributed by atoms with van der Waals surface area (Å²) in [5.74, 6) is 0.298. The Hall–Kier alpha value is -1.26. The van der Waals surface area contributed by atoms with Gasteiger partial charge < -0.3 is 20.4 Å². The molecule has 0 radical (unpaired) electrons. The van der Waals surface area contributed by atoms with E-state index in [0.717, 1.165) is 0 Å². The number of aryl methyl sites for hydroxylation is 1. The maximum atomic E-state index is 9.89. The molecule has 0 aliphatic heterocycles. The quantitative estimate of drug-likeness (QED) is 0.618. The van der Waals surface area contributed by atoms with Gasteiger partial charge in [0.15, 0.2) is 0 Å². The Labute approximate surface area is 114 Å². The number of benzene rings is 1. The fourth-order valence-electron chi connectivity index (χ4n) is 2.01. The first-order valence-corrected chi connectivity index (χ1v) is 6.55. The highest BCUT2D eigenvalue weighted by Crippen LogP contribution is 2.34. The lowest BCUT2D eigenvalue weighted by Gasteiger charge is -2.25. The van der Waals surface area contributed by atoms with E-state index < -0.39 is 11.7 Å². The van der Waals surface area contributed by atoms with Crippen LogP contribution in [0.3, 0.4) is 0 Å². The minimum atomic E-state index is -1.13. The maximum Gasteiger partial charge on any atom is 0.119 e. The number of hydrogen-bond acceptors (Lipinski definition) is 4. The fourth-order valence-corrected chi connectivity index (χ4v) is 2.01. The average molecular weight is 268 g/mol. The minimum absolute atomic E-state index is 0.0106. The smallest absolute Gasteiger partial charge is 0.119 e. The van der Waals surface area contributed by atoms with E-state index in [4.69, 9.17) is 0 Å². The Kier molecular flexibility index (Phi) is 4.82. The Balaban J connectivity index is 2.74. The van der Waals surface area contributed by atoms with E-state index in [1.54, 1.807) is 26.8 Å². The van der Waals surface area contributed by atoms with Crippen LogP contribution >= 0.6 is 0 Å². The van der Waals surface area contributed by atoms with Crippen LogP contribution < -0.4 is 0 Å². The van der Waals surface area contributed by atoms with Gasteiger partial charge in [-0.1, -0.05) is 6.92 Å². The third-order valence-electron chi connectivity index (χ3n) is 3.56. The van der Waals surface area contributed by atoms with Crippen molar-refractivity contribution in [2.75, 3.05) is 0 Å². The van der Waals surface area contributed by atoms with E-state index in [0.29, 0.717) is 24.0 Å². The number of rotatable bonds is 5. The highest BCUT2D eigenvalue weighted by atomic mass is 16.3. The van der Waals surface area contributed by atoms with E-state index in [9.17, 15) is 20.4 Å². The topological polar surface area (TPSA) is 80.9 Å². The molecule has 0 aliphatic carbocycles. The molecule has 1 aromatic rings. The van der Waals surface area contributed by atoms with Crippen molar-refractivity contribution in [1.82, 2.24) is 0 Å². The second kappa shape index (κ2) is 5.80. The van der Waals surface area contributed by atoms with Gasteiger partial charge in [-0.05, 0) is 57.2 Å². The maximum absolute atomic E-state index is 9.89. The molecule has 4 heteroatoms. The van der Waals surface area contributed by atoms with E-state index in [1.807, 2.05) is 6.92 Å². The number of aliphatic hydroxyl groups is 2. The van der Waals surface area contributed by atoms with Crippen LogP contribution in [0, 0.1) is 6.92 Å². The van der Waals surface area contributed by atoms with Gasteiger partial charge in [-0.3, -0.25) is 0 Å². The van der Waals surface area contributed by atoms with Gasteiger partial charge in [0.1, 0.15) is 11.5 Å². The van der Waals surface area contributed by atoms with Crippen LogP contribution in [0.15, 0.2) is 12.1 Å². The van der Waals surface area contributed by atoms with Crippen LogP contribution in [0.1, 0.15) is 50.7 Å². The third-order valence-corrected chi connectivity index (χ3v) is 3.56.